The summed E-state index contributed by atoms with van der Waals surface area (Å²) in [5, 5.41) is 13.6. The Kier molecular flexibility index (Phi) is 5.23. The van der Waals surface area contributed by atoms with Crippen molar-refractivity contribution in [2.45, 2.75) is 39.2 Å². The van der Waals surface area contributed by atoms with Crippen molar-refractivity contribution in [3.63, 3.8) is 0 Å². The van der Waals surface area contributed by atoms with Crippen molar-refractivity contribution in [2.24, 2.45) is 0 Å². The standard InChI is InChI=1S/C16H26N2O/c1-3-4-5-15(18-10-8-17-9-11-18)14-7-6-13(2)12-16(14)19/h6-7,12,15,17,19H,3-5,8-11H2,1-2H3/t15-/m0/s1. The molecular weight excluding hydrogens is 236 g/mol. The van der Waals surface area contributed by atoms with Gasteiger partial charge in [-0.05, 0) is 25.0 Å². The van der Waals surface area contributed by atoms with Crippen molar-refractivity contribution in [1.29, 1.82) is 0 Å². The Morgan fingerprint density at radius 2 is 2.05 bits per heavy atom. The van der Waals surface area contributed by atoms with E-state index in [1.165, 1.54) is 12.8 Å². The first-order valence-corrected chi connectivity index (χ1v) is 7.46. The minimum absolute atomic E-state index is 0.364. The molecule has 0 unspecified atom stereocenters. The van der Waals surface area contributed by atoms with Crippen molar-refractivity contribution in [2.75, 3.05) is 26.2 Å². The molecule has 1 fully saturated rings. The van der Waals surface area contributed by atoms with Crippen molar-refractivity contribution in [1.82, 2.24) is 10.2 Å². The van der Waals surface area contributed by atoms with E-state index in [9.17, 15) is 5.11 Å². The molecule has 3 nitrogen and oxygen atoms in total. The smallest absolute Gasteiger partial charge is 0.120 e. The largest absolute Gasteiger partial charge is 0.508 e. The summed E-state index contributed by atoms with van der Waals surface area (Å²) in [6, 6.07) is 6.46. The molecule has 0 amide bonds. The summed E-state index contributed by atoms with van der Waals surface area (Å²) in [5.41, 5.74) is 2.22. The number of phenols is 1. The minimum Gasteiger partial charge on any atom is -0.508 e. The maximum atomic E-state index is 10.2. The van der Waals surface area contributed by atoms with Crippen LogP contribution >= 0.6 is 0 Å². The number of nitrogens with zero attached hydrogens (tertiary/aromatic N) is 1. The molecule has 106 valence electrons. The number of unbranched alkanes of at least 4 members (excludes halogenated alkanes) is 1. The number of phenolic OH excluding ortho intramolecular Hbond substituents is 1. The van der Waals surface area contributed by atoms with Crippen LogP contribution in [0.2, 0.25) is 0 Å². The highest BCUT2D eigenvalue weighted by molar-refractivity contribution is 5.38. The van der Waals surface area contributed by atoms with Gasteiger partial charge in [-0.25, -0.2) is 0 Å². The number of aromatic hydroxyl groups is 1. The van der Waals surface area contributed by atoms with Crippen LogP contribution in [-0.4, -0.2) is 36.2 Å². The van der Waals surface area contributed by atoms with Gasteiger partial charge in [0, 0.05) is 37.8 Å². The van der Waals surface area contributed by atoms with Gasteiger partial charge in [-0.1, -0.05) is 31.9 Å². The molecule has 2 rings (SSSR count). The second-order valence-electron chi connectivity index (χ2n) is 5.51. The highest BCUT2D eigenvalue weighted by Crippen LogP contribution is 2.33. The zero-order chi connectivity index (χ0) is 13.7. The van der Waals surface area contributed by atoms with E-state index in [0.717, 1.165) is 43.7 Å². The van der Waals surface area contributed by atoms with E-state index in [4.69, 9.17) is 0 Å². The molecular formula is C16H26N2O. The molecule has 0 aromatic heterocycles. The third-order valence-corrected chi connectivity index (χ3v) is 3.97. The molecule has 19 heavy (non-hydrogen) atoms. The predicted molar refractivity (Wildman–Crippen MR) is 79.6 cm³/mol. The Balaban J connectivity index is 2.19. The fourth-order valence-electron chi connectivity index (χ4n) is 2.86. The predicted octanol–water partition coefficient (Wildman–Crippen LogP) is 2.84. The molecule has 3 heteroatoms. The zero-order valence-corrected chi connectivity index (χ0v) is 12.2. The molecule has 0 saturated carbocycles. The number of aryl methyl sites for hydroxylation is 1. The van der Waals surface area contributed by atoms with Crippen LogP contribution in [0, 0.1) is 6.92 Å². The summed E-state index contributed by atoms with van der Waals surface area (Å²) < 4.78 is 0. The van der Waals surface area contributed by atoms with Crippen LogP contribution in [0.15, 0.2) is 18.2 Å². The van der Waals surface area contributed by atoms with Crippen LogP contribution in [0.3, 0.4) is 0 Å². The molecule has 1 aliphatic rings. The number of piperazine rings is 1. The maximum absolute atomic E-state index is 10.2. The van der Waals surface area contributed by atoms with Crippen LogP contribution in [0.1, 0.15) is 43.4 Å². The van der Waals surface area contributed by atoms with E-state index >= 15 is 0 Å². The van der Waals surface area contributed by atoms with Crippen molar-refractivity contribution >= 4 is 0 Å². The lowest BCUT2D eigenvalue weighted by molar-refractivity contribution is 0.160. The van der Waals surface area contributed by atoms with Crippen molar-refractivity contribution in [3.05, 3.63) is 29.3 Å². The third-order valence-electron chi connectivity index (χ3n) is 3.97. The number of hydrogen-bond acceptors (Lipinski definition) is 3. The summed E-state index contributed by atoms with van der Waals surface area (Å²) in [7, 11) is 0. The second-order valence-corrected chi connectivity index (χ2v) is 5.51. The Hall–Kier alpha value is -1.06. The number of benzene rings is 1. The summed E-state index contributed by atoms with van der Waals surface area (Å²) in [4.78, 5) is 2.51. The van der Waals surface area contributed by atoms with E-state index in [1.807, 2.05) is 13.0 Å². The molecule has 0 aliphatic carbocycles. The molecule has 0 spiro atoms. The molecule has 1 aromatic carbocycles. The van der Waals surface area contributed by atoms with Crippen LogP contribution in [0.25, 0.3) is 0 Å². The zero-order valence-electron chi connectivity index (χ0n) is 12.2. The highest BCUT2D eigenvalue weighted by Gasteiger charge is 2.23. The van der Waals surface area contributed by atoms with Crippen molar-refractivity contribution in [3.8, 4) is 5.75 Å². The average Bonchev–Trinajstić information content (AvgIpc) is 2.42. The maximum Gasteiger partial charge on any atom is 0.120 e. The first-order chi connectivity index (χ1) is 9.22. The Morgan fingerprint density at radius 1 is 1.32 bits per heavy atom. The summed E-state index contributed by atoms with van der Waals surface area (Å²) in [5.74, 6) is 0.458. The van der Waals surface area contributed by atoms with E-state index in [0.29, 0.717) is 11.8 Å². The van der Waals surface area contributed by atoms with Gasteiger partial charge >= 0.3 is 0 Å². The highest BCUT2D eigenvalue weighted by atomic mass is 16.3. The van der Waals surface area contributed by atoms with Gasteiger partial charge in [0.25, 0.3) is 0 Å². The van der Waals surface area contributed by atoms with Gasteiger partial charge in [-0.2, -0.15) is 0 Å². The molecule has 1 aliphatic heterocycles. The van der Waals surface area contributed by atoms with Crippen LogP contribution in [0.5, 0.6) is 5.75 Å². The first-order valence-electron chi connectivity index (χ1n) is 7.46. The Morgan fingerprint density at radius 3 is 2.68 bits per heavy atom. The summed E-state index contributed by atoms with van der Waals surface area (Å²) >= 11 is 0. The molecule has 1 heterocycles. The van der Waals surface area contributed by atoms with Crippen LogP contribution in [0.4, 0.5) is 0 Å². The van der Waals surface area contributed by atoms with Gasteiger partial charge in [0.05, 0.1) is 0 Å². The van der Waals surface area contributed by atoms with Gasteiger partial charge in [-0.15, -0.1) is 0 Å². The van der Waals surface area contributed by atoms with E-state index in [1.54, 1.807) is 0 Å². The van der Waals surface area contributed by atoms with Crippen molar-refractivity contribution < 1.29 is 5.11 Å². The number of nitrogens with one attached hydrogen (secondary N) is 1. The van der Waals surface area contributed by atoms with Gasteiger partial charge < -0.3 is 10.4 Å². The van der Waals surface area contributed by atoms with Gasteiger partial charge in [-0.3, -0.25) is 4.90 Å². The van der Waals surface area contributed by atoms with E-state index < -0.39 is 0 Å². The van der Waals surface area contributed by atoms with E-state index in [-0.39, 0.29) is 0 Å². The topological polar surface area (TPSA) is 35.5 Å². The summed E-state index contributed by atoms with van der Waals surface area (Å²) in [6.45, 7) is 8.49. The lowest BCUT2D eigenvalue weighted by atomic mass is 9.97. The van der Waals surface area contributed by atoms with Crippen LogP contribution in [-0.2, 0) is 0 Å². The minimum atomic E-state index is 0.364. The fraction of sp³-hybridized carbons (Fsp3) is 0.625. The first kappa shape index (κ1) is 14.4. The SMILES string of the molecule is CCCC[C@@H](c1ccc(C)cc1O)N1CCNCC1. The molecule has 1 saturated heterocycles. The third kappa shape index (κ3) is 3.71. The lowest BCUT2D eigenvalue weighted by Gasteiger charge is -2.35. The van der Waals surface area contributed by atoms with Crippen LogP contribution < -0.4 is 5.32 Å². The van der Waals surface area contributed by atoms with Gasteiger partial charge in [0.15, 0.2) is 0 Å². The molecule has 0 bridgehead atoms. The summed E-state index contributed by atoms with van der Waals surface area (Å²) in [6.07, 6.45) is 3.55. The number of hydrogen-bond donors (Lipinski definition) is 2. The Labute approximate surface area is 116 Å². The quantitative estimate of drug-likeness (QED) is 0.856. The van der Waals surface area contributed by atoms with Gasteiger partial charge in [0.1, 0.15) is 5.75 Å². The average molecular weight is 262 g/mol. The fourth-order valence-corrected chi connectivity index (χ4v) is 2.86. The molecule has 1 atom stereocenters. The normalized spacial score (nSPS) is 18.4. The van der Waals surface area contributed by atoms with Gasteiger partial charge in [0.2, 0.25) is 0 Å². The lowest BCUT2D eigenvalue weighted by Crippen LogP contribution is -2.45. The monoisotopic (exact) mass is 262 g/mol. The Bertz CT molecular complexity index is 400. The van der Waals surface area contributed by atoms with E-state index in [2.05, 4.69) is 29.3 Å². The molecule has 1 aromatic rings. The molecule has 0 radical (unpaired) electrons. The number of rotatable bonds is 5. The molecule has 2 N–H and O–H groups in total. The second kappa shape index (κ2) is 6.92.